The summed E-state index contributed by atoms with van der Waals surface area (Å²) in [5, 5.41) is 0.365. The van der Waals surface area contributed by atoms with Gasteiger partial charge in [0.1, 0.15) is 8.24 Å². The van der Waals surface area contributed by atoms with Gasteiger partial charge >= 0.3 is 5.97 Å². The fraction of sp³-hybridized carbons (Fsp3) is 0.941. The average molecular weight is 329 g/mol. The van der Waals surface area contributed by atoms with Gasteiger partial charge in [-0.3, -0.25) is 9.69 Å². The van der Waals surface area contributed by atoms with Gasteiger partial charge in [0.25, 0.3) is 0 Å². The van der Waals surface area contributed by atoms with Crippen molar-refractivity contribution in [3.05, 3.63) is 0 Å². The van der Waals surface area contributed by atoms with E-state index in [9.17, 15) is 4.79 Å². The average Bonchev–Trinajstić information content (AvgIpc) is 2.46. The number of hydrogen-bond donors (Lipinski definition) is 0. The van der Waals surface area contributed by atoms with Crippen LogP contribution in [0.1, 0.15) is 41.0 Å². The molecule has 5 heteroatoms. The summed E-state index contributed by atoms with van der Waals surface area (Å²) >= 11 is 0. The van der Waals surface area contributed by atoms with Crippen LogP contribution in [0.25, 0.3) is 0 Å². The minimum Gasteiger partial charge on any atom is -0.469 e. The molecule has 1 saturated heterocycles. The second-order valence-corrected chi connectivity index (χ2v) is 13.2. The van der Waals surface area contributed by atoms with Crippen LogP contribution in [-0.2, 0) is 9.53 Å². The summed E-state index contributed by atoms with van der Waals surface area (Å²) in [4.78, 5) is 14.1. The monoisotopic (exact) mass is 328 g/mol. The molecule has 0 aromatic carbocycles. The third-order valence-electron chi connectivity index (χ3n) is 6.22. The van der Waals surface area contributed by atoms with Crippen LogP contribution in [0.2, 0.25) is 18.1 Å². The predicted octanol–water partition coefficient (Wildman–Crippen LogP) is 3.40. The van der Waals surface area contributed by atoms with Gasteiger partial charge in [-0.2, -0.15) is 0 Å². The highest BCUT2D eigenvalue weighted by atomic mass is 28.3. The highest BCUT2D eigenvalue weighted by Gasteiger charge is 2.46. The number of ether oxygens (including phenoxy) is 1. The Morgan fingerprint density at radius 2 is 1.82 bits per heavy atom. The van der Waals surface area contributed by atoms with Crippen molar-refractivity contribution in [2.75, 3.05) is 33.4 Å². The van der Waals surface area contributed by atoms with Crippen LogP contribution in [0.4, 0.5) is 0 Å². The zero-order valence-corrected chi connectivity index (χ0v) is 16.9. The zero-order valence-electron chi connectivity index (χ0n) is 15.9. The fourth-order valence-corrected chi connectivity index (χ4v) is 6.75. The lowest BCUT2D eigenvalue weighted by atomic mass is 9.99. The van der Waals surface area contributed by atoms with Crippen molar-refractivity contribution in [1.82, 2.24) is 9.47 Å². The Morgan fingerprint density at radius 1 is 1.23 bits per heavy atom. The molecule has 0 spiro atoms. The van der Waals surface area contributed by atoms with Gasteiger partial charge in [0.2, 0.25) is 0 Å². The van der Waals surface area contributed by atoms with E-state index in [1.165, 1.54) is 20.1 Å². The molecule has 0 aliphatic carbocycles. The summed E-state index contributed by atoms with van der Waals surface area (Å²) in [6, 6.07) is 0. The first-order valence-electron chi connectivity index (χ1n) is 8.59. The van der Waals surface area contributed by atoms with E-state index in [1.807, 2.05) is 6.92 Å². The molecular formula is C17H36N2O2Si. The highest BCUT2D eigenvalue weighted by molar-refractivity contribution is 6.77. The summed E-state index contributed by atoms with van der Waals surface area (Å²) < 4.78 is 7.59. The van der Waals surface area contributed by atoms with Crippen LogP contribution >= 0.6 is 0 Å². The van der Waals surface area contributed by atoms with Crippen LogP contribution in [0, 0.1) is 11.8 Å². The third kappa shape index (κ3) is 4.12. The number of carbonyl (C=O) groups is 1. The molecule has 0 aromatic heterocycles. The molecule has 22 heavy (non-hydrogen) atoms. The summed E-state index contributed by atoms with van der Waals surface area (Å²) in [6.45, 7) is 20.6. The largest absolute Gasteiger partial charge is 0.469 e. The second kappa shape index (κ2) is 7.45. The number of methoxy groups -OCH3 is 1. The summed E-state index contributed by atoms with van der Waals surface area (Å²) in [7, 11) is -0.0713. The summed E-state index contributed by atoms with van der Waals surface area (Å²) in [6.07, 6.45) is 1.19. The van der Waals surface area contributed by atoms with E-state index in [4.69, 9.17) is 4.74 Å². The molecule has 1 aliphatic heterocycles. The maximum Gasteiger partial charge on any atom is 0.309 e. The molecule has 0 N–H and O–H groups in total. The highest BCUT2D eigenvalue weighted by Crippen LogP contribution is 2.46. The number of rotatable bonds is 6. The van der Waals surface area contributed by atoms with Gasteiger partial charge in [0.05, 0.1) is 13.0 Å². The summed E-state index contributed by atoms with van der Waals surface area (Å²) in [5.41, 5.74) is 0. The molecule has 0 aromatic rings. The SMILES string of the molecule is COC(=O)C(C)CN1CCCN([Si](C)(C)C(C)(C)C(C)C)C1. The first-order chi connectivity index (χ1) is 10.0. The molecule has 1 rings (SSSR count). The quantitative estimate of drug-likeness (QED) is 0.552. The lowest BCUT2D eigenvalue weighted by Crippen LogP contribution is -2.62. The van der Waals surface area contributed by atoms with Crippen LogP contribution in [-0.4, -0.2) is 57.1 Å². The van der Waals surface area contributed by atoms with E-state index >= 15 is 0 Å². The molecular weight excluding hydrogens is 292 g/mol. The molecule has 1 heterocycles. The molecule has 130 valence electrons. The Morgan fingerprint density at radius 3 is 2.32 bits per heavy atom. The van der Waals surface area contributed by atoms with E-state index in [0.29, 0.717) is 11.0 Å². The Bertz CT molecular complexity index is 383. The van der Waals surface area contributed by atoms with E-state index in [1.54, 1.807) is 0 Å². The Kier molecular flexibility index (Phi) is 6.66. The first-order valence-corrected chi connectivity index (χ1v) is 11.5. The lowest BCUT2D eigenvalue weighted by Gasteiger charge is -2.53. The van der Waals surface area contributed by atoms with E-state index in [0.717, 1.165) is 19.8 Å². The normalized spacial score (nSPS) is 20.2. The molecule has 1 aliphatic rings. The van der Waals surface area contributed by atoms with Crippen LogP contribution in [0.3, 0.4) is 0 Å². The van der Waals surface area contributed by atoms with Crippen molar-refractivity contribution >= 4 is 14.2 Å². The Hall–Kier alpha value is -0.393. The summed E-state index contributed by atoms with van der Waals surface area (Å²) in [5.74, 6) is 0.530. The maximum absolute atomic E-state index is 11.7. The first kappa shape index (κ1) is 19.7. The van der Waals surface area contributed by atoms with Crippen LogP contribution < -0.4 is 0 Å². The van der Waals surface area contributed by atoms with Crippen molar-refractivity contribution in [3.8, 4) is 0 Å². The van der Waals surface area contributed by atoms with Crippen molar-refractivity contribution < 1.29 is 9.53 Å². The van der Waals surface area contributed by atoms with Gasteiger partial charge in [-0.15, -0.1) is 0 Å². The molecule has 0 bridgehead atoms. The second-order valence-electron chi connectivity index (χ2n) is 8.20. The van der Waals surface area contributed by atoms with E-state index in [-0.39, 0.29) is 11.9 Å². The lowest BCUT2D eigenvalue weighted by molar-refractivity contribution is -0.145. The Labute approximate surface area is 138 Å². The smallest absolute Gasteiger partial charge is 0.309 e. The zero-order chi connectivity index (χ0) is 17.1. The standard InChI is InChI=1S/C17H36N2O2Si/c1-14(2)17(4,5)22(7,8)19-11-9-10-18(13-19)12-15(3)16(20)21-6/h14-15H,9-13H2,1-8H3. The van der Waals surface area contributed by atoms with Gasteiger partial charge in [0, 0.05) is 19.8 Å². The molecule has 1 unspecified atom stereocenters. The Balaban J connectivity index is 2.76. The maximum atomic E-state index is 11.7. The van der Waals surface area contributed by atoms with Crippen molar-refractivity contribution in [2.24, 2.45) is 11.8 Å². The molecule has 1 fully saturated rings. The number of nitrogens with zero attached hydrogens (tertiary/aromatic N) is 2. The van der Waals surface area contributed by atoms with Crippen molar-refractivity contribution in [1.29, 1.82) is 0 Å². The van der Waals surface area contributed by atoms with Gasteiger partial charge in [-0.25, -0.2) is 0 Å². The number of esters is 1. The van der Waals surface area contributed by atoms with Gasteiger partial charge in [0.15, 0.2) is 0 Å². The van der Waals surface area contributed by atoms with Crippen molar-refractivity contribution in [2.45, 2.75) is 59.2 Å². The third-order valence-corrected chi connectivity index (χ3v) is 11.9. The molecule has 1 atom stereocenters. The fourth-order valence-electron chi connectivity index (χ4n) is 3.25. The molecule has 0 radical (unpaired) electrons. The van der Waals surface area contributed by atoms with Crippen LogP contribution in [0.15, 0.2) is 0 Å². The minimum atomic E-state index is -1.55. The minimum absolute atomic E-state index is 0.0483. The van der Waals surface area contributed by atoms with Gasteiger partial charge in [-0.05, 0) is 23.9 Å². The van der Waals surface area contributed by atoms with Crippen molar-refractivity contribution in [3.63, 3.8) is 0 Å². The molecule has 0 amide bonds. The van der Waals surface area contributed by atoms with Gasteiger partial charge in [-0.1, -0.05) is 47.7 Å². The van der Waals surface area contributed by atoms with E-state index < -0.39 is 8.24 Å². The molecule has 4 nitrogen and oxygen atoms in total. The van der Waals surface area contributed by atoms with Gasteiger partial charge < -0.3 is 9.30 Å². The number of hydrogen-bond acceptors (Lipinski definition) is 4. The van der Waals surface area contributed by atoms with Crippen LogP contribution in [0.5, 0.6) is 0 Å². The predicted molar refractivity (Wildman–Crippen MR) is 95.3 cm³/mol. The number of carbonyl (C=O) groups excluding carboxylic acids is 1. The topological polar surface area (TPSA) is 32.8 Å². The molecule has 0 saturated carbocycles. The van der Waals surface area contributed by atoms with E-state index in [2.05, 4.69) is 50.3 Å².